The van der Waals surface area contributed by atoms with Gasteiger partial charge in [0.15, 0.2) is 0 Å². The lowest BCUT2D eigenvalue weighted by Gasteiger charge is -2.39. The molecule has 2 unspecified atom stereocenters. The number of hydrogen-bond donors (Lipinski definition) is 1. The van der Waals surface area contributed by atoms with E-state index in [4.69, 9.17) is 4.74 Å². The summed E-state index contributed by atoms with van der Waals surface area (Å²) in [5.41, 5.74) is 0.564. The van der Waals surface area contributed by atoms with Crippen LogP contribution in [0.15, 0.2) is 0 Å². The molecule has 0 bridgehead atoms. The lowest BCUT2D eigenvalue weighted by atomic mass is 9.75. The minimum Gasteiger partial charge on any atom is -0.372 e. The predicted octanol–water partition coefficient (Wildman–Crippen LogP) is 3.43. The minimum absolute atomic E-state index is 0.427. The van der Waals surface area contributed by atoms with E-state index in [0.717, 1.165) is 19.1 Å². The van der Waals surface area contributed by atoms with Gasteiger partial charge in [-0.3, -0.25) is 0 Å². The summed E-state index contributed by atoms with van der Waals surface area (Å²) in [7, 11) is 2.30. The molecule has 1 heterocycles. The smallest absolute Gasteiger partial charge is 0.0707 e. The molecule has 1 aliphatic carbocycles. The zero-order valence-electron chi connectivity index (χ0n) is 14.8. The average molecular weight is 296 g/mol. The first-order valence-electron chi connectivity index (χ1n) is 8.95. The van der Waals surface area contributed by atoms with Gasteiger partial charge in [0.2, 0.25) is 0 Å². The van der Waals surface area contributed by atoms with Gasteiger partial charge in [-0.25, -0.2) is 0 Å². The number of ether oxygens (including phenoxy) is 1. The van der Waals surface area contributed by atoms with Gasteiger partial charge >= 0.3 is 0 Å². The molecule has 0 aromatic heterocycles. The Kier molecular flexibility index (Phi) is 6.10. The molecular formula is C18H36N2O. The molecule has 21 heavy (non-hydrogen) atoms. The normalized spacial score (nSPS) is 30.4. The third-order valence-corrected chi connectivity index (χ3v) is 5.37. The average Bonchev–Trinajstić information content (AvgIpc) is 2.83. The lowest BCUT2D eigenvalue weighted by molar-refractivity contribution is 0.0122. The largest absolute Gasteiger partial charge is 0.372 e. The summed E-state index contributed by atoms with van der Waals surface area (Å²) in [4.78, 5) is 2.57. The number of nitrogens with one attached hydrogen (secondary N) is 1. The van der Waals surface area contributed by atoms with Crippen molar-refractivity contribution in [3.63, 3.8) is 0 Å². The summed E-state index contributed by atoms with van der Waals surface area (Å²) in [5.74, 6) is 0. The van der Waals surface area contributed by atoms with Crippen LogP contribution in [0.25, 0.3) is 0 Å². The number of hydrogen-bond acceptors (Lipinski definition) is 3. The van der Waals surface area contributed by atoms with Crippen LogP contribution in [0.3, 0.4) is 0 Å². The molecular weight excluding hydrogens is 260 g/mol. The zero-order chi connectivity index (χ0) is 15.5. The second-order valence-electron chi connectivity index (χ2n) is 8.36. The molecule has 0 aromatic carbocycles. The Hall–Kier alpha value is -0.120. The number of rotatable bonds is 6. The van der Waals surface area contributed by atoms with Crippen LogP contribution in [0.2, 0.25) is 0 Å². The van der Waals surface area contributed by atoms with Gasteiger partial charge in [-0.15, -0.1) is 0 Å². The van der Waals surface area contributed by atoms with Gasteiger partial charge in [0, 0.05) is 25.2 Å². The van der Waals surface area contributed by atoms with Crippen LogP contribution in [-0.2, 0) is 4.74 Å². The molecule has 1 N–H and O–H groups in total. The topological polar surface area (TPSA) is 24.5 Å². The first-order valence-corrected chi connectivity index (χ1v) is 8.95. The Morgan fingerprint density at radius 1 is 1.10 bits per heavy atom. The Morgan fingerprint density at radius 2 is 1.71 bits per heavy atom. The molecule has 2 rings (SSSR count). The van der Waals surface area contributed by atoms with Gasteiger partial charge in [-0.05, 0) is 51.0 Å². The zero-order valence-corrected chi connectivity index (χ0v) is 14.8. The van der Waals surface area contributed by atoms with Crippen LogP contribution in [0.1, 0.15) is 66.2 Å². The first kappa shape index (κ1) is 17.2. The third-order valence-electron chi connectivity index (χ3n) is 5.37. The fourth-order valence-corrected chi connectivity index (χ4v) is 3.73. The molecule has 1 aliphatic heterocycles. The van der Waals surface area contributed by atoms with Crippen molar-refractivity contribution in [2.75, 3.05) is 20.1 Å². The summed E-state index contributed by atoms with van der Waals surface area (Å²) < 4.78 is 6.21. The molecule has 0 aromatic rings. The van der Waals surface area contributed by atoms with Crippen molar-refractivity contribution in [2.24, 2.45) is 5.41 Å². The van der Waals surface area contributed by atoms with Crippen molar-refractivity contribution in [1.82, 2.24) is 10.2 Å². The number of nitrogens with zero attached hydrogens (tertiary/aromatic N) is 1. The van der Waals surface area contributed by atoms with Crippen molar-refractivity contribution in [3.05, 3.63) is 0 Å². The summed E-state index contributed by atoms with van der Waals surface area (Å²) in [6.07, 6.45) is 8.77. The van der Waals surface area contributed by atoms with E-state index in [-0.39, 0.29) is 0 Å². The summed E-state index contributed by atoms with van der Waals surface area (Å²) >= 11 is 0. The molecule has 124 valence electrons. The highest BCUT2D eigenvalue weighted by Crippen LogP contribution is 2.36. The Balaban J connectivity index is 1.68. The lowest BCUT2D eigenvalue weighted by Crippen LogP contribution is -2.41. The van der Waals surface area contributed by atoms with Crippen molar-refractivity contribution >= 4 is 0 Å². The van der Waals surface area contributed by atoms with E-state index >= 15 is 0 Å². The quantitative estimate of drug-likeness (QED) is 0.812. The molecule has 2 aliphatic rings. The molecule has 2 fully saturated rings. The van der Waals surface area contributed by atoms with Crippen molar-refractivity contribution in [2.45, 2.75) is 90.5 Å². The summed E-state index contributed by atoms with van der Waals surface area (Å²) in [5, 5.41) is 3.50. The summed E-state index contributed by atoms with van der Waals surface area (Å²) in [6, 6.07) is 1.33. The Bertz CT molecular complexity index is 306. The third kappa shape index (κ3) is 5.54. The van der Waals surface area contributed by atoms with E-state index in [1.54, 1.807) is 0 Å². The van der Waals surface area contributed by atoms with Gasteiger partial charge < -0.3 is 15.0 Å². The highest BCUT2D eigenvalue weighted by molar-refractivity contribution is 4.85. The van der Waals surface area contributed by atoms with Crippen LogP contribution in [0.4, 0.5) is 0 Å². The molecule has 0 amide bonds. The van der Waals surface area contributed by atoms with Gasteiger partial charge in [-0.2, -0.15) is 0 Å². The maximum absolute atomic E-state index is 6.21. The molecule has 2 atom stereocenters. The van der Waals surface area contributed by atoms with Gasteiger partial charge in [0.1, 0.15) is 0 Å². The Morgan fingerprint density at radius 3 is 2.33 bits per heavy atom. The Labute approximate surface area is 131 Å². The van der Waals surface area contributed by atoms with E-state index in [0.29, 0.717) is 23.7 Å². The van der Waals surface area contributed by atoms with Crippen molar-refractivity contribution in [1.29, 1.82) is 0 Å². The minimum atomic E-state index is 0.427. The second-order valence-corrected chi connectivity index (χ2v) is 8.36. The molecule has 3 nitrogen and oxygen atoms in total. The van der Waals surface area contributed by atoms with E-state index < -0.39 is 0 Å². The van der Waals surface area contributed by atoms with Crippen molar-refractivity contribution in [3.8, 4) is 0 Å². The van der Waals surface area contributed by atoms with E-state index in [1.807, 2.05) is 0 Å². The molecule has 0 radical (unpaired) electrons. The monoisotopic (exact) mass is 296 g/mol. The standard InChI is InChI=1S/C18H36N2O/c1-14(2)19-12-16-6-7-17(21-16)13-20(5)15-8-10-18(3,4)11-9-15/h14-17,19H,6-13H2,1-5H3. The molecule has 1 saturated heterocycles. The van der Waals surface area contributed by atoms with Gasteiger partial charge in [0.25, 0.3) is 0 Å². The first-order chi connectivity index (χ1) is 9.85. The van der Waals surface area contributed by atoms with Crippen molar-refractivity contribution < 1.29 is 4.74 Å². The predicted molar refractivity (Wildman–Crippen MR) is 89.7 cm³/mol. The fourth-order valence-electron chi connectivity index (χ4n) is 3.73. The maximum atomic E-state index is 6.21. The molecule has 1 saturated carbocycles. The van der Waals surface area contributed by atoms with Crippen LogP contribution in [-0.4, -0.2) is 49.3 Å². The van der Waals surface area contributed by atoms with Gasteiger partial charge in [0.05, 0.1) is 12.2 Å². The second kappa shape index (κ2) is 7.43. The molecule has 3 heteroatoms. The van der Waals surface area contributed by atoms with Gasteiger partial charge in [-0.1, -0.05) is 27.7 Å². The molecule has 0 spiro atoms. The highest BCUT2D eigenvalue weighted by Gasteiger charge is 2.31. The number of likely N-dealkylation sites (N-methyl/N-ethyl adjacent to an activating group) is 1. The van der Waals surface area contributed by atoms with Crippen LogP contribution >= 0.6 is 0 Å². The highest BCUT2D eigenvalue weighted by atomic mass is 16.5. The summed E-state index contributed by atoms with van der Waals surface area (Å²) in [6.45, 7) is 11.3. The fraction of sp³-hybridized carbons (Fsp3) is 1.00. The van der Waals surface area contributed by atoms with Crippen LogP contribution < -0.4 is 5.32 Å². The van der Waals surface area contributed by atoms with E-state index in [1.165, 1.54) is 38.5 Å². The SMILES string of the molecule is CC(C)NCC1CCC(CN(C)C2CCC(C)(C)CC2)O1. The van der Waals surface area contributed by atoms with Crippen LogP contribution in [0.5, 0.6) is 0 Å². The van der Waals surface area contributed by atoms with E-state index in [2.05, 4.69) is 45.0 Å². The van der Waals surface area contributed by atoms with E-state index in [9.17, 15) is 0 Å². The van der Waals surface area contributed by atoms with Crippen LogP contribution in [0, 0.1) is 5.41 Å². The maximum Gasteiger partial charge on any atom is 0.0707 e.